The number of hydrogen-bond acceptors (Lipinski definition) is 2. The Morgan fingerprint density at radius 2 is 1.67 bits per heavy atom. The molecule has 3 rings (SSSR count). The van der Waals surface area contributed by atoms with E-state index >= 15 is 0 Å². The summed E-state index contributed by atoms with van der Waals surface area (Å²) < 4.78 is 0. The first-order chi connectivity index (χ1) is 10.0. The van der Waals surface area contributed by atoms with Gasteiger partial charge in [-0.3, -0.25) is 9.59 Å². The predicted octanol–water partition coefficient (Wildman–Crippen LogP) is 2.82. The average molecular weight is 293 g/mol. The van der Waals surface area contributed by atoms with Gasteiger partial charge in [0.2, 0.25) is 5.91 Å². The molecule has 0 heterocycles. The van der Waals surface area contributed by atoms with Crippen LogP contribution in [0.3, 0.4) is 0 Å². The van der Waals surface area contributed by atoms with Crippen LogP contribution < -0.4 is 5.32 Å². The Hall–Kier alpha value is -1.06. The first kappa shape index (κ1) is 14.9. The lowest BCUT2D eigenvalue weighted by molar-refractivity contribution is -0.144. The second-order valence-corrected chi connectivity index (χ2v) is 7.52. The van der Waals surface area contributed by atoms with Crippen LogP contribution in [-0.2, 0) is 9.59 Å². The van der Waals surface area contributed by atoms with Gasteiger partial charge in [0, 0.05) is 12.0 Å². The number of nitrogens with one attached hydrogen (secondary N) is 1. The number of carbonyl (C=O) groups excluding carboxylic acids is 1. The third-order valence-corrected chi connectivity index (χ3v) is 6.25. The second kappa shape index (κ2) is 5.98. The van der Waals surface area contributed by atoms with Crippen LogP contribution in [0.15, 0.2) is 0 Å². The summed E-state index contributed by atoms with van der Waals surface area (Å²) in [6, 6.07) is 0.282. The fraction of sp³-hybridized carbons (Fsp3) is 0.882. The second-order valence-electron chi connectivity index (χ2n) is 7.52. The maximum atomic E-state index is 12.4. The number of carboxylic acids is 1. The van der Waals surface area contributed by atoms with E-state index in [1.54, 1.807) is 0 Å². The normalized spacial score (nSPS) is 40.0. The van der Waals surface area contributed by atoms with Gasteiger partial charge in [-0.1, -0.05) is 6.42 Å². The number of amides is 1. The van der Waals surface area contributed by atoms with Crippen molar-refractivity contribution in [2.45, 2.75) is 64.3 Å². The van der Waals surface area contributed by atoms with E-state index in [9.17, 15) is 9.59 Å². The summed E-state index contributed by atoms with van der Waals surface area (Å²) >= 11 is 0. The Labute approximate surface area is 126 Å². The lowest BCUT2D eigenvalue weighted by Crippen LogP contribution is -2.43. The van der Waals surface area contributed by atoms with Crippen LogP contribution in [-0.4, -0.2) is 23.0 Å². The van der Waals surface area contributed by atoms with E-state index in [0.29, 0.717) is 18.8 Å². The number of aliphatic carboxylic acids is 1. The minimum Gasteiger partial charge on any atom is -0.481 e. The van der Waals surface area contributed by atoms with Crippen molar-refractivity contribution in [3.63, 3.8) is 0 Å². The molecule has 2 bridgehead atoms. The van der Waals surface area contributed by atoms with Crippen molar-refractivity contribution in [3.8, 4) is 0 Å². The van der Waals surface area contributed by atoms with Gasteiger partial charge in [0.1, 0.15) is 0 Å². The van der Waals surface area contributed by atoms with Crippen LogP contribution in [0.2, 0.25) is 0 Å². The van der Waals surface area contributed by atoms with Crippen molar-refractivity contribution in [1.82, 2.24) is 5.32 Å². The number of carbonyl (C=O) groups is 2. The SMILES string of the molecule is CC(NC(=O)C1CCC(C(=O)O)CC1)C1CC2CCC1C2. The molecule has 0 aromatic carbocycles. The molecule has 0 aliphatic heterocycles. The number of rotatable bonds is 4. The minimum absolute atomic E-state index is 0.0293. The van der Waals surface area contributed by atoms with E-state index in [-0.39, 0.29) is 23.8 Å². The molecule has 3 aliphatic carbocycles. The van der Waals surface area contributed by atoms with Crippen molar-refractivity contribution in [3.05, 3.63) is 0 Å². The first-order valence-corrected chi connectivity index (χ1v) is 8.57. The minimum atomic E-state index is -0.704. The molecule has 0 aromatic rings. The Morgan fingerprint density at radius 3 is 2.19 bits per heavy atom. The Morgan fingerprint density at radius 1 is 1.00 bits per heavy atom. The summed E-state index contributed by atoms with van der Waals surface area (Å²) in [6.07, 6.45) is 8.15. The first-order valence-electron chi connectivity index (χ1n) is 8.57. The molecule has 4 atom stereocenters. The van der Waals surface area contributed by atoms with Crippen LogP contribution in [0.1, 0.15) is 58.3 Å². The van der Waals surface area contributed by atoms with Gasteiger partial charge in [0.05, 0.1) is 5.92 Å². The highest BCUT2D eigenvalue weighted by Crippen LogP contribution is 2.49. The van der Waals surface area contributed by atoms with E-state index in [4.69, 9.17) is 5.11 Å². The monoisotopic (exact) mass is 293 g/mol. The molecule has 0 spiro atoms. The molecule has 21 heavy (non-hydrogen) atoms. The zero-order chi connectivity index (χ0) is 15.0. The summed E-state index contributed by atoms with van der Waals surface area (Å²) in [4.78, 5) is 23.3. The Bertz CT molecular complexity index is 414. The molecule has 4 nitrogen and oxygen atoms in total. The van der Waals surface area contributed by atoms with Crippen molar-refractivity contribution in [2.24, 2.45) is 29.6 Å². The fourth-order valence-electron chi connectivity index (χ4n) is 4.96. The van der Waals surface area contributed by atoms with Gasteiger partial charge in [-0.15, -0.1) is 0 Å². The summed E-state index contributed by atoms with van der Waals surface area (Å²) in [5.41, 5.74) is 0. The standard InChI is InChI=1S/C17H27NO3/c1-10(15-9-11-2-3-14(15)8-11)18-16(19)12-4-6-13(7-5-12)17(20)21/h10-15H,2-9H2,1H3,(H,18,19)(H,20,21). The maximum absolute atomic E-state index is 12.4. The third kappa shape index (κ3) is 3.09. The molecule has 2 N–H and O–H groups in total. The molecule has 3 aliphatic rings. The fourth-order valence-corrected chi connectivity index (χ4v) is 4.96. The van der Waals surface area contributed by atoms with Crippen molar-refractivity contribution < 1.29 is 14.7 Å². The highest BCUT2D eigenvalue weighted by molar-refractivity contribution is 5.79. The van der Waals surface area contributed by atoms with Gasteiger partial charge in [0.25, 0.3) is 0 Å². The molecule has 118 valence electrons. The van der Waals surface area contributed by atoms with Gasteiger partial charge in [-0.05, 0) is 69.6 Å². The zero-order valence-electron chi connectivity index (χ0n) is 12.9. The molecule has 4 unspecified atom stereocenters. The van der Waals surface area contributed by atoms with E-state index in [0.717, 1.165) is 24.7 Å². The van der Waals surface area contributed by atoms with Crippen molar-refractivity contribution >= 4 is 11.9 Å². The molecule has 1 amide bonds. The molecule has 3 fully saturated rings. The van der Waals surface area contributed by atoms with Gasteiger partial charge < -0.3 is 10.4 Å². The third-order valence-electron chi connectivity index (χ3n) is 6.25. The van der Waals surface area contributed by atoms with Crippen LogP contribution in [0.25, 0.3) is 0 Å². The molecule has 4 heteroatoms. The highest BCUT2D eigenvalue weighted by Gasteiger charge is 2.42. The zero-order valence-corrected chi connectivity index (χ0v) is 12.9. The molecule has 0 radical (unpaired) electrons. The van der Waals surface area contributed by atoms with Crippen molar-refractivity contribution in [2.75, 3.05) is 0 Å². The van der Waals surface area contributed by atoms with Gasteiger partial charge >= 0.3 is 5.97 Å². The average Bonchev–Trinajstić information content (AvgIpc) is 3.10. The summed E-state index contributed by atoms with van der Waals surface area (Å²) in [5, 5.41) is 12.2. The lowest BCUT2D eigenvalue weighted by atomic mass is 9.80. The molecular formula is C17H27NO3. The summed E-state index contributed by atoms with van der Waals surface area (Å²) in [7, 11) is 0. The van der Waals surface area contributed by atoms with E-state index in [1.807, 2.05) is 0 Å². The van der Waals surface area contributed by atoms with Crippen LogP contribution in [0.4, 0.5) is 0 Å². The molecule has 0 saturated heterocycles. The topological polar surface area (TPSA) is 66.4 Å². The Kier molecular flexibility index (Phi) is 4.23. The summed E-state index contributed by atoms with van der Waals surface area (Å²) in [6.45, 7) is 2.16. The van der Waals surface area contributed by atoms with Gasteiger partial charge in [-0.25, -0.2) is 0 Å². The highest BCUT2D eigenvalue weighted by atomic mass is 16.4. The van der Waals surface area contributed by atoms with Gasteiger partial charge in [0.15, 0.2) is 0 Å². The van der Waals surface area contributed by atoms with Gasteiger partial charge in [-0.2, -0.15) is 0 Å². The Balaban J connectivity index is 1.47. The molecule has 3 saturated carbocycles. The van der Waals surface area contributed by atoms with Crippen LogP contribution >= 0.6 is 0 Å². The van der Waals surface area contributed by atoms with E-state index < -0.39 is 5.97 Å². The predicted molar refractivity (Wildman–Crippen MR) is 79.6 cm³/mol. The largest absolute Gasteiger partial charge is 0.481 e. The number of hydrogen-bond donors (Lipinski definition) is 2. The lowest BCUT2D eigenvalue weighted by Gasteiger charge is -2.31. The van der Waals surface area contributed by atoms with E-state index in [2.05, 4.69) is 12.2 Å². The van der Waals surface area contributed by atoms with Crippen molar-refractivity contribution in [1.29, 1.82) is 0 Å². The van der Waals surface area contributed by atoms with Crippen LogP contribution in [0, 0.1) is 29.6 Å². The maximum Gasteiger partial charge on any atom is 0.306 e. The summed E-state index contributed by atoms with van der Waals surface area (Å²) in [5.74, 6) is 1.65. The number of fused-ring (bicyclic) bond motifs is 2. The molecular weight excluding hydrogens is 266 g/mol. The number of carboxylic acid groups (broad SMARTS) is 1. The van der Waals surface area contributed by atoms with E-state index in [1.165, 1.54) is 25.7 Å². The van der Waals surface area contributed by atoms with Crippen LogP contribution in [0.5, 0.6) is 0 Å². The smallest absolute Gasteiger partial charge is 0.306 e. The quantitative estimate of drug-likeness (QED) is 0.837. The molecule has 0 aromatic heterocycles.